The normalized spacial score (nSPS) is 12.6. The van der Waals surface area contributed by atoms with Gasteiger partial charge in [-0.15, -0.1) is 0 Å². The van der Waals surface area contributed by atoms with Crippen molar-refractivity contribution in [1.82, 2.24) is 0 Å². The van der Waals surface area contributed by atoms with E-state index in [4.69, 9.17) is 4.74 Å². The van der Waals surface area contributed by atoms with Gasteiger partial charge < -0.3 is 14.6 Å². The number of hydrogen-bond donors (Lipinski definition) is 0. The number of carboxylic acids is 1. The molecule has 0 aliphatic rings. The first-order valence-corrected chi connectivity index (χ1v) is 8.45. The van der Waals surface area contributed by atoms with Crippen LogP contribution in [0.3, 0.4) is 0 Å². The van der Waals surface area contributed by atoms with Crippen LogP contribution in [-0.2, 0) is 14.3 Å². The van der Waals surface area contributed by atoms with Crippen LogP contribution in [0.5, 0.6) is 0 Å². The molecule has 132 valence electrons. The average molecular weight is 323 g/mol. The maximum Gasteiger partial charge on any atom is 0.306 e. The molecule has 4 nitrogen and oxygen atoms in total. The van der Waals surface area contributed by atoms with Crippen molar-refractivity contribution in [2.75, 3.05) is 6.61 Å². The maximum atomic E-state index is 11.2. The number of rotatable bonds is 12. The first-order chi connectivity index (χ1) is 10.8. The van der Waals surface area contributed by atoms with Crippen LogP contribution in [-0.4, -0.2) is 18.5 Å². The molecular formula is C19H31O4-. The molecule has 0 amide bonds. The molecule has 0 N–H and O–H groups in total. The second-order valence-electron chi connectivity index (χ2n) is 6.46. The third kappa shape index (κ3) is 15.1. The lowest BCUT2D eigenvalue weighted by Gasteiger charge is -2.10. The van der Waals surface area contributed by atoms with Gasteiger partial charge in [0.05, 0.1) is 6.42 Å². The summed E-state index contributed by atoms with van der Waals surface area (Å²) in [7, 11) is 0. The van der Waals surface area contributed by atoms with Gasteiger partial charge in [-0.3, -0.25) is 4.79 Å². The van der Waals surface area contributed by atoms with E-state index in [0.717, 1.165) is 25.2 Å². The first kappa shape index (κ1) is 21.4. The number of ether oxygens (including phenoxy) is 1. The summed E-state index contributed by atoms with van der Waals surface area (Å²) in [4.78, 5) is 21.5. The minimum atomic E-state index is -1.23. The number of hydrogen-bond acceptors (Lipinski definition) is 4. The predicted octanol–water partition coefficient (Wildman–Crippen LogP) is 3.56. The number of allylic oxidation sites excluding steroid dienone is 3. The molecule has 0 heterocycles. The molecule has 0 fully saturated rings. The highest BCUT2D eigenvalue weighted by molar-refractivity contribution is 5.75. The number of carbonyl (C=O) groups is 2. The molecule has 0 aromatic rings. The zero-order valence-corrected chi connectivity index (χ0v) is 15.0. The molecule has 0 saturated carbocycles. The zero-order chi connectivity index (χ0) is 17.7. The van der Waals surface area contributed by atoms with Crippen LogP contribution in [0.25, 0.3) is 0 Å². The van der Waals surface area contributed by atoms with E-state index in [-0.39, 0.29) is 19.4 Å². The van der Waals surface area contributed by atoms with Gasteiger partial charge in [0.15, 0.2) is 0 Å². The molecule has 0 aliphatic carbocycles. The highest BCUT2D eigenvalue weighted by atomic mass is 16.5. The van der Waals surface area contributed by atoms with E-state index in [2.05, 4.69) is 26.8 Å². The number of aliphatic carboxylic acids is 1. The Hall–Kier alpha value is -1.58. The van der Waals surface area contributed by atoms with Crippen LogP contribution in [0.2, 0.25) is 0 Å². The Labute approximate surface area is 140 Å². The maximum absolute atomic E-state index is 11.2. The quantitative estimate of drug-likeness (QED) is 0.407. The Morgan fingerprint density at radius 2 is 1.74 bits per heavy atom. The molecule has 23 heavy (non-hydrogen) atoms. The molecule has 4 heteroatoms. The van der Waals surface area contributed by atoms with Gasteiger partial charge in [0, 0.05) is 5.97 Å². The fraction of sp³-hybridized carbons (Fsp3) is 0.684. The van der Waals surface area contributed by atoms with E-state index in [1.807, 2.05) is 13.0 Å². The summed E-state index contributed by atoms with van der Waals surface area (Å²) >= 11 is 0. The minimum absolute atomic E-state index is 0.127. The molecule has 0 aromatic carbocycles. The average Bonchev–Trinajstić information content (AvgIpc) is 2.44. The highest BCUT2D eigenvalue weighted by Gasteiger charge is 2.03. The van der Waals surface area contributed by atoms with Crippen molar-refractivity contribution in [2.45, 2.75) is 72.6 Å². The summed E-state index contributed by atoms with van der Waals surface area (Å²) in [5.74, 6) is -1.00. The monoisotopic (exact) mass is 323 g/mol. The second kappa shape index (κ2) is 12.9. The summed E-state index contributed by atoms with van der Waals surface area (Å²) in [6, 6.07) is 0. The molecule has 0 rings (SSSR count). The second-order valence-corrected chi connectivity index (χ2v) is 6.46. The smallest absolute Gasteiger partial charge is 0.306 e. The van der Waals surface area contributed by atoms with Gasteiger partial charge in [0.2, 0.25) is 0 Å². The number of carbonyl (C=O) groups excluding carboxylic acids is 2. The van der Waals surface area contributed by atoms with Crippen LogP contribution in [0.4, 0.5) is 0 Å². The molecular weight excluding hydrogens is 292 g/mol. The molecule has 0 spiro atoms. The molecule has 1 atom stereocenters. The van der Waals surface area contributed by atoms with Gasteiger partial charge in [-0.05, 0) is 64.9 Å². The summed E-state index contributed by atoms with van der Waals surface area (Å²) in [6.45, 7) is 8.79. The fourth-order valence-corrected chi connectivity index (χ4v) is 2.19. The Morgan fingerprint density at radius 1 is 1.04 bits per heavy atom. The van der Waals surface area contributed by atoms with Crippen molar-refractivity contribution in [1.29, 1.82) is 0 Å². The third-order valence-electron chi connectivity index (χ3n) is 3.69. The van der Waals surface area contributed by atoms with Crippen molar-refractivity contribution in [2.24, 2.45) is 5.92 Å². The Balaban J connectivity index is 3.76. The van der Waals surface area contributed by atoms with Gasteiger partial charge >= 0.3 is 5.97 Å². The first-order valence-electron chi connectivity index (χ1n) is 8.45. The molecule has 0 aliphatic heterocycles. The van der Waals surface area contributed by atoms with Crippen LogP contribution >= 0.6 is 0 Å². The lowest BCUT2D eigenvalue weighted by atomic mass is 9.97. The van der Waals surface area contributed by atoms with Crippen molar-refractivity contribution >= 4 is 11.9 Å². The summed E-state index contributed by atoms with van der Waals surface area (Å²) < 4.78 is 4.95. The standard InChI is InChI=1S/C19H32O4/c1-15(2)7-5-8-16(3)9-6-10-17(4)13-14-23-19(22)12-11-18(20)21/h7,13,16H,5-6,8-12,14H2,1-4H3,(H,20,21)/p-1. The number of esters is 1. The van der Waals surface area contributed by atoms with Gasteiger partial charge in [0.1, 0.15) is 6.61 Å². The molecule has 0 aromatic heterocycles. The SMILES string of the molecule is CC(C)=CCCC(C)CCCC(C)=CCOC(=O)CCC(=O)[O-]. The number of carboxylic acid groups (broad SMARTS) is 1. The van der Waals surface area contributed by atoms with Crippen LogP contribution in [0, 0.1) is 5.92 Å². The molecule has 1 unspecified atom stereocenters. The topological polar surface area (TPSA) is 66.4 Å². The fourth-order valence-electron chi connectivity index (χ4n) is 2.19. The summed E-state index contributed by atoms with van der Waals surface area (Å²) in [6.07, 6.45) is 9.49. The summed E-state index contributed by atoms with van der Waals surface area (Å²) in [5, 5.41) is 10.2. The Morgan fingerprint density at radius 3 is 2.35 bits per heavy atom. The Kier molecular flexibility index (Phi) is 12.0. The van der Waals surface area contributed by atoms with E-state index in [1.165, 1.54) is 24.0 Å². The Bertz CT molecular complexity index is 417. The van der Waals surface area contributed by atoms with Gasteiger partial charge in [-0.25, -0.2) is 0 Å². The van der Waals surface area contributed by atoms with Crippen LogP contribution in [0.15, 0.2) is 23.3 Å². The largest absolute Gasteiger partial charge is 0.550 e. The van der Waals surface area contributed by atoms with Gasteiger partial charge in [-0.1, -0.05) is 30.6 Å². The van der Waals surface area contributed by atoms with Crippen LogP contribution < -0.4 is 5.11 Å². The van der Waals surface area contributed by atoms with Crippen molar-refractivity contribution in [3.05, 3.63) is 23.3 Å². The lowest BCUT2D eigenvalue weighted by Crippen LogP contribution is -2.23. The van der Waals surface area contributed by atoms with Crippen molar-refractivity contribution < 1.29 is 19.4 Å². The van der Waals surface area contributed by atoms with Crippen molar-refractivity contribution in [3.63, 3.8) is 0 Å². The predicted molar refractivity (Wildman–Crippen MR) is 90.6 cm³/mol. The molecule has 0 saturated heterocycles. The van der Waals surface area contributed by atoms with E-state index in [0.29, 0.717) is 0 Å². The van der Waals surface area contributed by atoms with Crippen molar-refractivity contribution in [3.8, 4) is 0 Å². The zero-order valence-electron chi connectivity index (χ0n) is 15.0. The van der Waals surface area contributed by atoms with E-state index >= 15 is 0 Å². The van der Waals surface area contributed by atoms with Gasteiger partial charge in [0.25, 0.3) is 0 Å². The third-order valence-corrected chi connectivity index (χ3v) is 3.69. The summed E-state index contributed by atoms with van der Waals surface area (Å²) in [5.41, 5.74) is 2.58. The van der Waals surface area contributed by atoms with E-state index in [1.54, 1.807) is 0 Å². The van der Waals surface area contributed by atoms with E-state index in [9.17, 15) is 14.7 Å². The van der Waals surface area contributed by atoms with Crippen LogP contribution in [0.1, 0.15) is 72.6 Å². The molecule has 0 radical (unpaired) electrons. The highest BCUT2D eigenvalue weighted by Crippen LogP contribution is 2.17. The van der Waals surface area contributed by atoms with E-state index < -0.39 is 11.9 Å². The lowest BCUT2D eigenvalue weighted by molar-refractivity contribution is -0.305. The molecule has 0 bridgehead atoms. The minimum Gasteiger partial charge on any atom is -0.550 e. The van der Waals surface area contributed by atoms with Gasteiger partial charge in [-0.2, -0.15) is 0 Å².